The van der Waals surface area contributed by atoms with Gasteiger partial charge in [0.25, 0.3) is 0 Å². The summed E-state index contributed by atoms with van der Waals surface area (Å²) in [4.78, 5) is 11.6. The Bertz CT molecular complexity index is 414. The van der Waals surface area contributed by atoms with E-state index in [4.69, 9.17) is 9.47 Å². The van der Waals surface area contributed by atoms with Crippen molar-refractivity contribution in [1.82, 2.24) is 5.32 Å². The third kappa shape index (κ3) is 8.32. The van der Waals surface area contributed by atoms with E-state index in [2.05, 4.69) is 5.32 Å². The Hall–Kier alpha value is -1.59. The number of hydrogen-bond donors (Lipinski definition) is 2. The first-order valence-electron chi connectivity index (χ1n) is 7.13. The number of amides is 1. The molecule has 2 N–H and O–H groups in total. The SMILES string of the molecule is CC(C)(C)OC(=O)N[C@@H](CO)CCOCc1ccccc1. The smallest absolute Gasteiger partial charge is 0.407 e. The van der Waals surface area contributed by atoms with Crippen LogP contribution < -0.4 is 5.32 Å². The van der Waals surface area contributed by atoms with Gasteiger partial charge in [0.2, 0.25) is 0 Å². The number of ether oxygens (including phenoxy) is 2. The number of carbonyl (C=O) groups is 1. The number of rotatable bonds is 7. The summed E-state index contributed by atoms with van der Waals surface area (Å²) in [5, 5.41) is 11.9. The summed E-state index contributed by atoms with van der Waals surface area (Å²) in [6.45, 7) is 6.21. The van der Waals surface area contributed by atoms with Crippen LogP contribution in [0.2, 0.25) is 0 Å². The average molecular weight is 295 g/mol. The van der Waals surface area contributed by atoms with Crippen molar-refractivity contribution in [3.63, 3.8) is 0 Å². The first kappa shape index (κ1) is 17.5. The maximum atomic E-state index is 11.6. The van der Waals surface area contributed by atoms with Crippen molar-refractivity contribution < 1.29 is 19.4 Å². The average Bonchev–Trinajstić information content (AvgIpc) is 2.41. The van der Waals surface area contributed by atoms with Crippen molar-refractivity contribution in [1.29, 1.82) is 0 Å². The third-order valence-corrected chi connectivity index (χ3v) is 2.66. The van der Waals surface area contributed by atoms with Crippen LogP contribution in [0.15, 0.2) is 30.3 Å². The summed E-state index contributed by atoms with van der Waals surface area (Å²) in [7, 11) is 0. The molecule has 1 aromatic rings. The lowest BCUT2D eigenvalue weighted by atomic mass is 10.2. The molecule has 21 heavy (non-hydrogen) atoms. The topological polar surface area (TPSA) is 67.8 Å². The highest BCUT2D eigenvalue weighted by Gasteiger charge is 2.18. The fourth-order valence-electron chi connectivity index (χ4n) is 1.67. The maximum absolute atomic E-state index is 11.6. The Morgan fingerprint density at radius 3 is 2.52 bits per heavy atom. The minimum absolute atomic E-state index is 0.145. The van der Waals surface area contributed by atoms with Crippen LogP contribution in [0.3, 0.4) is 0 Å². The van der Waals surface area contributed by atoms with E-state index in [1.165, 1.54) is 0 Å². The van der Waals surface area contributed by atoms with Crippen LogP contribution in [0, 0.1) is 0 Å². The lowest BCUT2D eigenvalue weighted by Gasteiger charge is -2.22. The van der Waals surface area contributed by atoms with E-state index in [1.54, 1.807) is 20.8 Å². The summed E-state index contributed by atoms with van der Waals surface area (Å²) in [6.07, 6.45) is 0.00682. The molecule has 0 aliphatic rings. The van der Waals surface area contributed by atoms with Crippen molar-refractivity contribution in [2.45, 2.75) is 45.4 Å². The van der Waals surface area contributed by atoms with E-state index in [0.29, 0.717) is 19.6 Å². The van der Waals surface area contributed by atoms with Crippen molar-refractivity contribution in [2.75, 3.05) is 13.2 Å². The molecule has 0 heterocycles. The number of nitrogens with one attached hydrogen (secondary N) is 1. The van der Waals surface area contributed by atoms with Gasteiger partial charge in [0.15, 0.2) is 0 Å². The molecule has 0 spiro atoms. The van der Waals surface area contributed by atoms with Gasteiger partial charge in [-0.1, -0.05) is 30.3 Å². The quantitative estimate of drug-likeness (QED) is 0.758. The van der Waals surface area contributed by atoms with Crippen molar-refractivity contribution in [3.8, 4) is 0 Å². The molecule has 0 aromatic heterocycles. The number of carbonyl (C=O) groups excluding carboxylic acids is 1. The van der Waals surface area contributed by atoms with E-state index in [-0.39, 0.29) is 12.6 Å². The normalized spacial score (nSPS) is 12.8. The monoisotopic (exact) mass is 295 g/mol. The number of hydrogen-bond acceptors (Lipinski definition) is 4. The van der Waals surface area contributed by atoms with Gasteiger partial charge >= 0.3 is 6.09 Å². The Balaban J connectivity index is 2.23. The molecule has 0 unspecified atom stereocenters. The van der Waals surface area contributed by atoms with Crippen LogP contribution in [0.25, 0.3) is 0 Å². The molecule has 0 bridgehead atoms. The molecule has 1 rings (SSSR count). The number of benzene rings is 1. The number of aliphatic hydroxyl groups is 1. The zero-order valence-corrected chi connectivity index (χ0v) is 13.0. The Kier molecular flexibility index (Phi) is 7.19. The summed E-state index contributed by atoms with van der Waals surface area (Å²) < 4.78 is 10.7. The van der Waals surface area contributed by atoms with Gasteiger partial charge in [0, 0.05) is 6.61 Å². The molecule has 1 aromatic carbocycles. The summed E-state index contributed by atoms with van der Waals surface area (Å²) >= 11 is 0. The van der Waals surface area contributed by atoms with Crippen molar-refractivity contribution >= 4 is 6.09 Å². The second-order valence-corrected chi connectivity index (χ2v) is 5.85. The van der Waals surface area contributed by atoms with Crippen molar-refractivity contribution in [3.05, 3.63) is 35.9 Å². The van der Waals surface area contributed by atoms with Gasteiger partial charge < -0.3 is 19.9 Å². The van der Waals surface area contributed by atoms with Gasteiger partial charge in [-0.15, -0.1) is 0 Å². The maximum Gasteiger partial charge on any atom is 0.407 e. The van der Waals surface area contributed by atoms with Gasteiger partial charge in [-0.25, -0.2) is 4.79 Å². The lowest BCUT2D eigenvalue weighted by molar-refractivity contribution is 0.0451. The van der Waals surface area contributed by atoms with Crippen LogP contribution in [-0.4, -0.2) is 36.1 Å². The van der Waals surface area contributed by atoms with E-state index < -0.39 is 11.7 Å². The second-order valence-electron chi connectivity index (χ2n) is 5.85. The fraction of sp³-hybridized carbons (Fsp3) is 0.562. The fourth-order valence-corrected chi connectivity index (χ4v) is 1.67. The zero-order chi connectivity index (χ0) is 15.7. The molecule has 1 atom stereocenters. The van der Waals surface area contributed by atoms with Gasteiger partial charge in [0.05, 0.1) is 19.3 Å². The Morgan fingerprint density at radius 2 is 1.95 bits per heavy atom. The molecule has 0 aliphatic carbocycles. The van der Waals surface area contributed by atoms with Gasteiger partial charge in [-0.2, -0.15) is 0 Å². The zero-order valence-electron chi connectivity index (χ0n) is 13.0. The van der Waals surface area contributed by atoms with E-state index in [9.17, 15) is 9.90 Å². The van der Waals surface area contributed by atoms with Crippen LogP contribution in [0.1, 0.15) is 32.8 Å². The summed E-state index contributed by atoms with van der Waals surface area (Å²) in [6, 6.07) is 9.48. The highest BCUT2D eigenvalue weighted by atomic mass is 16.6. The van der Waals surface area contributed by atoms with E-state index in [0.717, 1.165) is 5.56 Å². The molecule has 0 radical (unpaired) electrons. The minimum Gasteiger partial charge on any atom is -0.444 e. The van der Waals surface area contributed by atoms with Crippen LogP contribution in [-0.2, 0) is 16.1 Å². The second kappa shape index (κ2) is 8.64. The molecule has 5 heteroatoms. The molecule has 1 amide bonds. The highest BCUT2D eigenvalue weighted by molar-refractivity contribution is 5.68. The van der Waals surface area contributed by atoms with Crippen LogP contribution in [0.5, 0.6) is 0 Å². The third-order valence-electron chi connectivity index (χ3n) is 2.66. The standard InChI is InChI=1S/C16H25NO4/c1-16(2,3)21-15(19)17-14(11-18)9-10-20-12-13-7-5-4-6-8-13/h4-8,14,18H,9-12H2,1-3H3,(H,17,19)/t14-/m1/s1. The van der Waals surface area contributed by atoms with Gasteiger partial charge in [-0.3, -0.25) is 0 Å². The molecule has 0 saturated heterocycles. The Morgan fingerprint density at radius 1 is 1.29 bits per heavy atom. The van der Waals surface area contributed by atoms with Crippen molar-refractivity contribution in [2.24, 2.45) is 0 Å². The van der Waals surface area contributed by atoms with Gasteiger partial charge in [0.1, 0.15) is 5.60 Å². The van der Waals surface area contributed by atoms with Crippen LogP contribution in [0.4, 0.5) is 4.79 Å². The molecule has 118 valence electrons. The summed E-state index contributed by atoms with van der Waals surface area (Å²) in [5.74, 6) is 0. The van der Waals surface area contributed by atoms with E-state index in [1.807, 2.05) is 30.3 Å². The molecular formula is C16H25NO4. The first-order chi connectivity index (χ1) is 9.90. The molecule has 0 aliphatic heterocycles. The number of alkyl carbamates (subject to hydrolysis) is 1. The minimum atomic E-state index is -0.548. The molecule has 0 saturated carbocycles. The van der Waals surface area contributed by atoms with E-state index >= 15 is 0 Å². The first-order valence-corrected chi connectivity index (χ1v) is 7.13. The molecular weight excluding hydrogens is 270 g/mol. The molecule has 5 nitrogen and oxygen atoms in total. The van der Waals surface area contributed by atoms with Crippen LogP contribution >= 0.6 is 0 Å². The predicted molar refractivity (Wildman–Crippen MR) is 81.0 cm³/mol. The highest BCUT2D eigenvalue weighted by Crippen LogP contribution is 2.07. The van der Waals surface area contributed by atoms with Gasteiger partial charge in [-0.05, 0) is 32.8 Å². The Labute approximate surface area is 126 Å². The number of aliphatic hydroxyl groups excluding tert-OH is 1. The lowest BCUT2D eigenvalue weighted by Crippen LogP contribution is -2.41. The molecule has 0 fully saturated rings. The predicted octanol–water partition coefficient (Wildman–Crippen LogP) is 2.48. The summed E-state index contributed by atoms with van der Waals surface area (Å²) in [5.41, 5.74) is 0.548. The largest absolute Gasteiger partial charge is 0.444 e.